The quantitative estimate of drug-likeness (QED) is 0.807. The number of likely N-dealkylation sites (tertiary alicyclic amines) is 1. The van der Waals surface area contributed by atoms with Crippen LogP contribution in [0, 0.1) is 0 Å². The molecule has 2 aliphatic rings. The summed E-state index contributed by atoms with van der Waals surface area (Å²) < 4.78 is 4.86. The Morgan fingerprint density at radius 2 is 2.00 bits per heavy atom. The molecular weight excluding hydrogens is 236 g/mol. The predicted octanol–water partition coefficient (Wildman–Crippen LogP) is 0.765. The highest BCUT2D eigenvalue weighted by Crippen LogP contribution is 2.24. The van der Waals surface area contributed by atoms with Gasteiger partial charge in [-0.2, -0.15) is 0 Å². The van der Waals surface area contributed by atoms with Gasteiger partial charge in [0.05, 0.1) is 0 Å². The highest BCUT2D eigenvalue weighted by Gasteiger charge is 2.43. The van der Waals surface area contributed by atoms with Gasteiger partial charge in [0.25, 0.3) is 0 Å². The number of carbonyl (C=O) groups is 2. The number of nitrogens with zero attached hydrogens (tertiary/aromatic N) is 2. The van der Waals surface area contributed by atoms with Crippen LogP contribution in [0.3, 0.4) is 0 Å². The Balaban J connectivity index is 1.99. The second-order valence-electron chi connectivity index (χ2n) is 5.20. The van der Waals surface area contributed by atoms with Crippen molar-refractivity contribution in [2.45, 2.75) is 44.8 Å². The second kappa shape index (κ2) is 5.14. The van der Waals surface area contributed by atoms with Gasteiger partial charge in [0, 0.05) is 25.2 Å². The molecule has 2 fully saturated rings. The van der Waals surface area contributed by atoms with Crippen LogP contribution in [0.5, 0.6) is 0 Å². The average molecular weight is 256 g/mol. The molecule has 0 spiro atoms. The van der Waals surface area contributed by atoms with Crippen LogP contribution in [0.25, 0.3) is 0 Å². The van der Waals surface area contributed by atoms with Crippen molar-refractivity contribution >= 4 is 12.1 Å². The van der Waals surface area contributed by atoms with Crippen LogP contribution in [0.1, 0.15) is 26.7 Å². The van der Waals surface area contributed by atoms with Gasteiger partial charge in [-0.3, -0.25) is 4.90 Å². The van der Waals surface area contributed by atoms with Gasteiger partial charge in [-0.1, -0.05) is 0 Å². The molecule has 2 heterocycles. The smallest absolute Gasteiger partial charge is 0.410 e. The Hall–Kier alpha value is -1.30. The third-order valence-corrected chi connectivity index (χ3v) is 3.82. The highest BCUT2D eigenvalue weighted by molar-refractivity contribution is 5.83. The molecule has 0 radical (unpaired) electrons. The number of carboxylic acids is 1. The standard InChI is InChI=1S/C12H20N2O4/c1-8(2)13-5-3-9(4-6-13)14-10(11(15)16)7-18-12(14)17/h8-10H,3-7H2,1-2H3,(H,15,16). The van der Waals surface area contributed by atoms with Crippen molar-refractivity contribution in [2.75, 3.05) is 19.7 Å². The Kier molecular flexibility index (Phi) is 3.75. The van der Waals surface area contributed by atoms with Crippen LogP contribution in [0.2, 0.25) is 0 Å². The molecule has 1 atom stereocenters. The summed E-state index contributed by atoms with van der Waals surface area (Å²) in [5, 5.41) is 9.09. The molecule has 1 unspecified atom stereocenters. The van der Waals surface area contributed by atoms with Crippen LogP contribution in [-0.2, 0) is 9.53 Å². The lowest BCUT2D eigenvalue weighted by molar-refractivity contribution is -0.142. The van der Waals surface area contributed by atoms with Crippen molar-refractivity contribution in [3.63, 3.8) is 0 Å². The van der Waals surface area contributed by atoms with Crippen molar-refractivity contribution in [1.29, 1.82) is 0 Å². The van der Waals surface area contributed by atoms with E-state index in [0.29, 0.717) is 6.04 Å². The minimum atomic E-state index is -0.980. The minimum absolute atomic E-state index is 0.00361. The molecule has 6 heteroatoms. The molecule has 2 rings (SSSR count). The molecule has 102 valence electrons. The third-order valence-electron chi connectivity index (χ3n) is 3.82. The van der Waals surface area contributed by atoms with Crippen LogP contribution in [0.15, 0.2) is 0 Å². The van der Waals surface area contributed by atoms with Crippen molar-refractivity contribution in [1.82, 2.24) is 9.80 Å². The van der Waals surface area contributed by atoms with E-state index < -0.39 is 18.1 Å². The molecule has 18 heavy (non-hydrogen) atoms. The van der Waals surface area contributed by atoms with E-state index in [1.165, 1.54) is 4.90 Å². The lowest BCUT2D eigenvalue weighted by Crippen LogP contribution is -2.51. The van der Waals surface area contributed by atoms with Crippen molar-refractivity contribution < 1.29 is 19.4 Å². The number of amides is 1. The van der Waals surface area contributed by atoms with E-state index in [-0.39, 0.29) is 12.6 Å². The monoisotopic (exact) mass is 256 g/mol. The van der Waals surface area contributed by atoms with E-state index in [1.807, 2.05) is 0 Å². The topological polar surface area (TPSA) is 70.1 Å². The van der Waals surface area contributed by atoms with Gasteiger partial charge in [-0.05, 0) is 26.7 Å². The summed E-state index contributed by atoms with van der Waals surface area (Å²) in [6.45, 7) is 6.06. The summed E-state index contributed by atoms with van der Waals surface area (Å²) in [7, 11) is 0. The van der Waals surface area contributed by atoms with E-state index in [4.69, 9.17) is 9.84 Å². The molecule has 2 aliphatic heterocycles. The Labute approximate surface area is 106 Å². The number of rotatable bonds is 3. The molecule has 0 aromatic carbocycles. The fourth-order valence-corrected chi connectivity index (χ4v) is 2.71. The summed E-state index contributed by atoms with van der Waals surface area (Å²) in [4.78, 5) is 26.5. The molecular formula is C12H20N2O4. The van der Waals surface area contributed by atoms with Crippen LogP contribution >= 0.6 is 0 Å². The summed E-state index contributed by atoms with van der Waals surface area (Å²) in [5.74, 6) is -0.980. The van der Waals surface area contributed by atoms with E-state index in [2.05, 4.69) is 18.7 Å². The maximum absolute atomic E-state index is 11.6. The molecule has 2 saturated heterocycles. The number of hydrogen-bond acceptors (Lipinski definition) is 4. The second-order valence-corrected chi connectivity index (χ2v) is 5.20. The zero-order valence-electron chi connectivity index (χ0n) is 10.8. The molecule has 6 nitrogen and oxygen atoms in total. The maximum atomic E-state index is 11.6. The fraction of sp³-hybridized carbons (Fsp3) is 0.833. The van der Waals surface area contributed by atoms with Crippen molar-refractivity contribution in [2.24, 2.45) is 0 Å². The molecule has 0 saturated carbocycles. The number of carbonyl (C=O) groups excluding carboxylic acids is 1. The summed E-state index contributed by atoms with van der Waals surface area (Å²) in [5.41, 5.74) is 0. The van der Waals surface area contributed by atoms with Gasteiger partial charge in [-0.25, -0.2) is 9.59 Å². The van der Waals surface area contributed by atoms with Gasteiger partial charge < -0.3 is 14.7 Å². The van der Waals surface area contributed by atoms with Gasteiger partial charge in [0.15, 0.2) is 6.04 Å². The third kappa shape index (κ3) is 2.43. The number of ether oxygens (including phenoxy) is 1. The maximum Gasteiger partial charge on any atom is 0.410 e. The number of aliphatic carboxylic acids is 1. The number of carboxylic acid groups (broad SMARTS) is 1. The van der Waals surface area contributed by atoms with Crippen LogP contribution in [0.4, 0.5) is 4.79 Å². The summed E-state index contributed by atoms with van der Waals surface area (Å²) >= 11 is 0. The van der Waals surface area contributed by atoms with Crippen molar-refractivity contribution in [3.8, 4) is 0 Å². The molecule has 1 amide bonds. The number of hydrogen-bond donors (Lipinski definition) is 1. The Morgan fingerprint density at radius 3 is 2.50 bits per heavy atom. The molecule has 0 aromatic rings. The molecule has 0 bridgehead atoms. The summed E-state index contributed by atoms with van der Waals surface area (Å²) in [6.07, 6.45) is 1.15. The van der Waals surface area contributed by atoms with Gasteiger partial charge >= 0.3 is 12.1 Å². The highest BCUT2D eigenvalue weighted by atomic mass is 16.6. The largest absolute Gasteiger partial charge is 0.480 e. The van der Waals surface area contributed by atoms with Gasteiger partial charge in [0.1, 0.15) is 6.61 Å². The van der Waals surface area contributed by atoms with Gasteiger partial charge in [-0.15, -0.1) is 0 Å². The predicted molar refractivity (Wildman–Crippen MR) is 64.3 cm³/mol. The first-order chi connectivity index (χ1) is 8.50. The van der Waals surface area contributed by atoms with Crippen LogP contribution in [-0.4, -0.2) is 64.8 Å². The van der Waals surface area contributed by atoms with E-state index in [1.54, 1.807) is 0 Å². The first-order valence-electron chi connectivity index (χ1n) is 6.42. The molecule has 0 aliphatic carbocycles. The van der Waals surface area contributed by atoms with E-state index in [0.717, 1.165) is 25.9 Å². The number of piperidine rings is 1. The lowest BCUT2D eigenvalue weighted by atomic mass is 10.0. The molecule has 1 N–H and O–H groups in total. The summed E-state index contributed by atoms with van der Waals surface area (Å²) in [6, 6.07) is -0.323. The Morgan fingerprint density at radius 1 is 1.39 bits per heavy atom. The van der Waals surface area contributed by atoms with E-state index >= 15 is 0 Å². The number of cyclic esters (lactones) is 1. The minimum Gasteiger partial charge on any atom is -0.480 e. The Bertz CT molecular complexity index is 337. The lowest BCUT2D eigenvalue weighted by Gasteiger charge is -2.38. The van der Waals surface area contributed by atoms with Crippen molar-refractivity contribution in [3.05, 3.63) is 0 Å². The van der Waals surface area contributed by atoms with E-state index in [9.17, 15) is 9.59 Å². The SMILES string of the molecule is CC(C)N1CCC(N2C(=O)OCC2C(=O)O)CC1. The molecule has 0 aromatic heterocycles. The average Bonchev–Trinajstić information content (AvgIpc) is 2.71. The normalized spacial score (nSPS) is 26.7. The van der Waals surface area contributed by atoms with Crippen LogP contribution < -0.4 is 0 Å². The zero-order valence-corrected chi connectivity index (χ0v) is 10.8. The first kappa shape index (κ1) is 13.1. The zero-order chi connectivity index (χ0) is 13.3. The van der Waals surface area contributed by atoms with Gasteiger partial charge in [0.2, 0.25) is 0 Å². The first-order valence-corrected chi connectivity index (χ1v) is 6.42. The fourth-order valence-electron chi connectivity index (χ4n) is 2.71.